The van der Waals surface area contributed by atoms with Gasteiger partial charge in [-0.3, -0.25) is 4.98 Å². The molecule has 0 spiro atoms. The first-order valence-corrected chi connectivity index (χ1v) is 5.10. The second-order valence-electron chi connectivity index (χ2n) is 3.18. The van der Waals surface area contributed by atoms with Gasteiger partial charge in [-0.25, -0.2) is 4.39 Å². The van der Waals surface area contributed by atoms with E-state index in [4.69, 9.17) is 11.6 Å². The standard InChI is InChI=1S/C12H9ClFN/c13-8-12-7-10(5-6-15-12)9-1-3-11(14)4-2-9/h1-7H,8H2. The maximum Gasteiger partial charge on any atom is 0.123 e. The van der Waals surface area contributed by atoms with Crippen LogP contribution in [0.5, 0.6) is 0 Å². The van der Waals surface area contributed by atoms with Crippen LogP contribution in [0.2, 0.25) is 0 Å². The van der Waals surface area contributed by atoms with Crippen molar-refractivity contribution in [2.45, 2.75) is 5.88 Å². The van der Waals surface area contributed by atoms with E-state index in [2.05, 4.69) is 4.98 Å². The Hall–Kier alpha value is -1.41. The quantitative estimate of drug-likeness (QED) is 0.706. The SMILES string of the molecule is Fc1ccc(-c2ccnc(CCl)c2)cc1. The fraction of sp³-hybridized carbons (Fsp3) is 0.0833. The molecule has 0 saturated heterocycles. The zero-order valence-corrected chi connectivity index (χ0v) is 8.71. The molecule has 15 heavy (non-hydrogen) atoms. The minimum atomic E-state index is -0.231. The van der Waals surface area contributed by atoms with Gasteiger partial charge >= 0.3 is 0 Å². The lowest BCUT2D eigenvalue weighted by Gasteiger charge is -2.02. The third-order valence-electron chi connectivity index (χ3n) is 2.13. The molecule has 1 nitrogen and oxygen atoms in total. The fourth-order valence-electron chi connectivity index (χ4n) is 1.37. The van der Waals surface area contributed by atoms with E-state index in [1.165, 1.54) is 12.1 Å². The molecule has 0 saturated carbocycles. The highest BCUT2D eigenvalue weighted by molar-refractivity contribution is 6.16. The monoisotopic (exact) mass is 221 g/mol. The van der Waals surface area contributed by atoms with Crippen molar-refractivity contribution in [3.8, 4) is 11.1 Å². The van der Waals surface area contributed by atoms with Crippen molar-refractivity contribution >= 4 is 11.6 Å². The van der Waals surface area contributed by atoms with E-state index in [9.17, 15) is 4.39 Å². The number of hydrogen-bond acceptors (Lipinski definition) is 1. The van der Waals surface area contributed by atoms with Gasteiger partial charge in [-0.2, -0.15) is 0 Å². The lowest BCUT2D eigenvalue weighted by atomic mass is 10.1. The Balaban J connectivity index is 2.40. The minimum absolute atomic E-state index is 0.231. The summed E-state index contributed by atoms with van der Waals surface area (Å²) in [7, 11) is 0. The van der Waals surface area contributed by atoms with E-state index in [-0.39, 0.29) is 5.82 Å². The van der Waals surface area contributed by atoms with Gasteiger partial charge in [0, 0.05) is 6.20 Å². The van der Waals surface area contributed by atoms with Gasteiger partial charge in [0.1, 0.15) is 5.82 Å². The second-order valence-corrected chi connectivity index (χ2v) is 3.44. The molecule has 2 rings (SSSR count). The molecule has 0 atom stereocenters. The largest absolute Gasteiger partial charge is 0.260 e. The molecule has 0 aliphatic carbocycles. The molecular weight excluding hydrogens is 213 g/mol. The molecule has 76 valence electrons. The maximum absolute atomic E-state index is 12.7. The molecule has 0 unspecified atom stereocenters. The zero-order chi connectivity index (χ0) is 10.7. The van der Waals surface area contributed by atoms with Gasteiger partial charge in [0.25, 0.3) is 0 Å². The van der Waals surface area contributed by atoms with Crippen molar-refractivity contribution in [2.24, 2.45) is 0 Å². The third-order valence-corrected chi connectivity index (χ3v) is 2.40. The van der Waals surface area contributed by atoms with Crippen molar-refractivity contribution in [1.29, 1.82) is 0 Å². The van der Waals surface area contributed by atoms with Gasteiger partial charge in [-0.05, 0) is 35.4 Å². The van der Waals surface area contributed by atoms with Crippen LogP contribution in [0, 0.1) is 5.82 Å². The zero-order valence-electron chi connectivity index (χ0n) is 7.95. The van der Waals surface area contributed by atoms with E-state index in [1.54, 1.807) is 18.3 Å². The van der Waals surface area contributed by atoms with Crippen LogP contribution in [0.4, 0.5) is 4.39 Å². The summed E-state index contributed by atoms with van der Waals surface area (Å²) in [6.45, 7) is 0. The Bertz CT molecular complexity index is 453. The van der Waals surface area contributed by atoms with Gasteiger partial charge in [0.2, 0.25) is 0 Å². The third kappa shape index (κ3) is 2.34. The molecule has 0 aliphatic rings. The van der Waals surface area contributed by atoms with Gasteiger partial charge in [0.05, 0.1) is 11.6 Å². The summed E-state index contributed by atoms with van der Waals surface area (Å²) < 4.78 is 12.7. The average Bonchev–Trinajstić information content (AvgIpc) is 2.30. The van der Waals surface area contributed by atoms with E-state index >= 15 is 0 Å². The molecule has 0 radical (unpaired) electrons. The number of rotatable bonds is 2. The molecule has 1 aromatic carbocycles. The normalized spacial score (nSPS) is 10.3. The van der Waals surface area contributed by atoms with E-state index < -0.39 is 0 Å². The smallest absolute Gasteiger partial charge is 0.123 e. The molecule has 2 aromatic rings. The first-order valence-electron chi connectivity index (χ1n) is 4.56. The summed E-state index contributed by atoms with van der Waals surface area (Å²) in [5.74, 6) is 0.153. The molecule has 0 fully saturated rings. The number of nitrogens with zero attached hydrogens (tertiary/aromatic N) is 1. The summed E-state index contributed by atoms with van der Waals surface area (Å²) in [6, 6.07) is 10.1. The highest BCUT2D eigenvalue weighted by Crippen LogP contribution is 2.20. The molecule has 0 bridgehead atoms. The predicted octanol–water partition coefficient (Wildman–Crippen LogP) is 3.63. The van der Waals surface area contributed by atoms with Crippen LogP contribution in [-0.2, 0) is 5.88 Å². The molecule has 1 heterocycles. The Morgan fingerprint density at radius 3 is 2.47 bits per heavy atom. The highest BCUT2D eigenvalue weighted by atomic mass is 35.5. The Morgan fingerprint density at radius 2 is 1.80 bits per heavy atom. The summed E-state index contributed by atoms with van der Waals surface area (Å²) >= 11 is 5.69. The fourth-order valence-corrected chi connectivity index (χ4v) is 1.52. The number of halogens is 2. The molecule has 1 aromatic heterocycles. The van der Waals surface area contributed by atoms with Gasteiger partial charge in [-0.1, -0.05) is 12.1 Å². The van der Waals surface area contributed by atoms with Gasteiger partial charge in [0.15, 0.2) is 0 Å². The number of alkyl halides is 1. The highest BCUT2D eigenvalue weighted by Gasteiger charge is 1.99. The molecule has 3 heteroatoms. The lowest BCUT2D eigenvalue weighted by Crippen LogP contribution is -1.86. The Morgan fingerprint density at radius 1 is 1.07 bits per heavy atom. The van der Waals surface area contributed by atoms with Gasteiger partial charge < -0.3 is 0 Å². The van der Waals surface area contributed by atoms with E-state index in [1.807, 2.05) is 12.1 Å². The van der Waals surface area contributed by atoms with Crippen molar-refractivity contribution in [3.63, 3.8) is 0 Å². The van der Waals surface area contributed by atoms with Crippen molar-refractivity contribution in [3.05, 3.63) is 54.1 Å². The van der Waals surface area contributed by atoms with Gasteiger partial charge in [-0.15, -0.1) is 11.6 Å². The lowest BCUT2D eigenvalue weighted by molar-refractivity contribution is 0.628. The Kier molecular flexibility index (Phi) is 2.97. The van der Waals surface area contributed by atoms with Crippen LogP contribution in [0.1, 0.15) is 5.69 Å². The predicted molar refractivity (Wildman–Crippen MR) is 59.2 cm³/mol. The van der Waals surface area contributed by atoms with Crippen LogP contribution >= 0.6 is 11.6 Å². The van der Waals surface area contributed by atoms with Crippen molar-refractivity contribution in [1.82, 2.24) is 4.98 Å². The molecule has 0 amide bonds. The van der Waals surface area contributed by atoms with E-state index in [0.29, 0.717) is 5.88 Å². The Labute approximate surface area is 92.5 Å². The number of pyridine rings is 1. The minimum Gasteiger partial charge on any atom is -0.260 e. The summed E-state index contributed by atoms with van der Waals surface area (Å²) in [5, 5.41) is 0. The maximum atomic E-state index is 12.7. The number of hydrogen-bond donors (Lipinski definition) is 0. The number of benzene rings is 1. The molecular formula is C12H9ClFN. The van der Waals surface area contributed by atoms with Crippen LogP contribution in [0.15, 0.2) is 42.6 Å². The summed E-state index contributed by atoms with van der Waals surface area (Å²) in [6.07, 6.45) is 1.70. The van der Waals surface area contributed by atoms with E-state index in [0.717, 1.165) is 16.8 Å². The topological polar surface area (TPSA) is 12.9 Å². The molecule has 0 aliphatic heterocycles. The van der Waals surface area contributed by atoms with Crippen LogP contribution in [0.25, 0.3) is 11.1 Å². The van der Waals surface area contributed by atoms with Crippen LogP contribution in [-0.4, -0.2) is 4.98 Å². The molecule has 0 N–H and O–H groups in total. The van der Waals surface area contributed by atoms with Crippen molar-refractivity contribution in [2.75, 3.05) is 0 Å². The summed E-state index contributed by atoms with van der Waals surface area (Å²) in [5.41, 5.74) is 2.78. The number of aromatic nitrogens is 1. The average molecular weight is 222 g/mol. The summed E-state index contributed by atoms with van der Waals surface area (Å²) in [4.78, 5) is 4.09. The van der Waals surface area contributed by atoms with Crippen molar-refractivity contribution < 1.29 is 4.39 Å². The first-order chi connectivity index (χ1) is 7.29. The van der Waals surface area contributed by atoms with Crippen LogP contribution in [0.3, 0.4) is 0 Å². The second kappa shape index (κ2) is 4.41. The first kappa shape index (κ1) is 10.1. The van der Waals surface area contributed by atoms with Crippen LogP contribution < -0.4 is 0 Å².